The number of aryl methyl sites for hydroxylation is 3. The first-order chi connectivity index (χ1) is 15.5. The van der Waals surface area contributed by atoms with E-state index in [-0.39, 0.29) is 17.5 Å². The normalized spacial score (nSPS) is 22.3. The van der Waals surface area contributed by atoms with Gasteiger partial charge in [-0.15, -0.1) is 0 Å². The molecule has 2 fully saturated rings. The molecule has 0 aromatic heterocycles. The van der Waals surface area contributed by atoms with E-state index in [9.17, 15) is 9.59 Å². The van der Waals surface area contributed by atoms with Crippen molar-refractivity contribution >= 4 is 11.6 Å². The van der Waals surface area contributed by atoms with Crippen LogP contribution in [0.3, 0.4) is 0 Å². The standard InChI is InChI=1S/C29H36O3/c1-4-22-17-25(24-8-6-19(3)7-9-24)18-23(5-2)28(22)29-26(30)15-21(16-27(29)31)14-20-10-12-32-13-11-20/h6-9,17-18,20-21,29H,4-5,10-16H2,1-3H3. The molecule has 4 rings (SSSR count). The van der Waals surface area contributed by atoms with Gasteiger partial charge < -0.3 is 4.74 Å². The van der Waals surface area contributed by atoms with Crippen molar-refractivity contribution in [3.63, 3.8) is 0 Å². The van der Waals surface area contributed by atoms with Crippen molar-refractivity contribution in [2.24, 2.45) is 11.8 Å². The fourth-order valence-electron chi connectivity index (χ4n) is 5.65. The Morgan fingerprint density at radius 3 is 1.91 bits per heavy atom. The molecule has 3 nitrogen and oxygen atoms in total. The van der Waals surface area contributed by atoms with Crippen molar-refractivity contribution in [3.8, 4) is 11.1 Å². The van der Waals surface area contributed by atoms with E-state index in [0.717, 1.165) is 62.0 Å². The van der Waals surface area contributed by atoms with Gasteiger partial charge in [-0.2, -0.15) is 0 Å². The number of rotatable bonds is 6. The Morgan fingerprint density at radius 1 is 0.812 bits per heavy atom. The van der Waals surface area contributed by atoms with Crippen LogP contribution in [-0.4, -0.2) is 24.8 Å². The van der Waals surface area contributed by atoms with Gasteiger partial charge >= 0.3 is 0 Å². The molecule has 170 valence electrons. The molecule has 1 heterocycles. The number of hydrogen-bond donors (Lipinski definition) is 0. The molecule has 0 unspecified atom stereocenters. The second-order valence-electron chi connectivity index (χ2n) is 9.71. The molecule has 0 N–H and O–H groups in total. The van der Waals surface area contributed by atoms with Gasteiger partial charge in [-0.3, -0.25) is 9.59 Å². The summed E-state index contributed by atoms with van der Waals surface area (Å²) in [5, 5.41) is 0. The third-order valence-electron chi connectivity index (χ3n) is 7.42. The van der Waals surface area contributed by atoms with Gasteiger partial charge in [0.15, 0.2) is 0 Å². The molecule has 0 radical (unpaired) electrons. The van der Waals surface area contributed by atoms with E-state index < -0.39 is 5.92 Å². The zero-order chi connectivity index (χ0) is 22.7. The smallest absolute Gasteiger partial charge is 0.148 e. The first-order valence-electron chi connectivity index (χ1n) is 12.4. The van der Waals surface area contributed by atoms with E-state index in [1.54, 1.807) is 0 Å². The topological polar surface area (TPSA) is 43.4 Å². The zero-order valence-corrected chi connectivity index (χ0v) is 19.8. The molecule has 2 aromatic rings. The van der Waals surface area contributed by atoms with Gasteiger partial charge in [0.2, 0.25) is 0 Å². The third kappa shape index (κ3) is 4.88. The molecule has 3 heteroatoms. The number of carbonyl (C=O) groups is 2. The number of ketones is 2. The number of ether oxygens (including phenoxy) is 1. The predicted octanol–water partition coefficient (Wildman–Crippen LogP) is 6.24. The Kier molecular flexibility index (Phi) is 7.25. The Balaban J connectivity index is 1.61. The highest BCUT2D eigenvalue weighted by atomic mass is 16.5. The van der Waals surface area contributed by atoms with Crippen molar-refractivity contribution < 1.29 is 14.3 Å². The number of benzene rings is 2. The molecule has 1 aliphatic heterocycles. The monoisotopic (exact) mass is 432 g/mol. The van der Waals surface area contributed by atoms with Gasteiger partial charge in [0.05, 0.1) is 0 Å². The van der Waals surface area contributed by atoms with Gasteiger partial charge in [-0.05, 0) is 78.7 Å². The molecule has 32 heavy (non-hydrogen) atoms. The summed E-state index contributed by atoms with van der Waals surface area (Å²) < 4.78 is 5.47. The molecule has 2 aliphatic rings. The Hall–Kier alpha value is -2.26. The van der Waals surface area contributed by atoms with Gasteiger partial charge in [-0.25, -0.2) is 0 Å². The highest BCUT2D eigenvalue weighted by Crippen LogP contribution is 2.39. The molecular formula is C29H36O3. The van der Waals surface area contributed by atoms with Crippen molar-refractivity contribution in [2.45, 2.75) is 71.6 Å². The van der Waals surface area contributed by atoms with Crippen molar-refractivity contribution in [1.29, 1.82) is 0 Å². The highest BCUT2D eigenvalue weighted by molar-refractivity contribution is 6.10. The Bertz CT molecular complexity index is 923. The molecule has 1 aliphatic carbocycles. The zero-order valence-electron chi connectivity index (χ0n) is 19.8. The van der Waals surface area contributed by atoms with Gasteiger partial charge in [-0.1, -0.05) is 55.8 Å². The lowest BCUT2D eigenvalue weighted by Crippen LogP contribution is -2.34. The van der Waals surface area contributed by atoms with Crippen LogP contribution in [0.15, 0.2) is 36.4 Å². The van der Waals surface area contributed by atoms with Crippen LogP contribution in [0.2, 0.25) is 0 Å². The minimum atomic E-state index is -0.571. The van der Waals surface area contributed by atoms with Crippen LogP contribution in [0.25, 0.3) is 11.1 Å². The Labute approximate surface area is 192 Å². The summed E-state index contributed by atoms with van der Waals surface area (Å²) >= 11 is 0. The Morgan fingerprint density at radius 2 is 1.38 bits per heavy atom. The van der Waals surface area contributed by atoms with Gasteiger partial charge in [0.1, 0.15) is 17.5 Å². The van der Waals surface area contributed by atoms with Crippen LogP contribution in [0.1, 0.15) is 74.1 Å². The van der Waals surface area contributed by atoms with Crippen molar-refractivity contribution in [2.75, 3.05) is 13.2 Å². The maximum Gasteiger partial charge on any atom is 0.148 e. The lowest BCUT2D eigenvalue weighted by molar-refractivity contribution is -0.134. The van der Waals surface area contributed by atoms with Crippen LogP contribution in [0, 0.1) is 18.8 Å². The average Bonchev–Trinajstić information content (AvgIpc) is 2.79. The lowest BCUT2D eigenvalue weighted by atomic mass is 9.71. The van der Waals surface area contributed by atoms with E-state index in [1.807, 2.05) is 0 Å². The molecule has 0 spiro atoms. The van der Waals surface area contributed by atoms with Crippen molar-refractivity contribution in [1.82, 2.24) is 0 Å². The summed E-state index contributed by atoms with van der Waals surface area (Å²) in [7, 11) is 0. The maximum absolute atomic E-state index is 13.3. The predicted molar refractivity (Wildman–Crippen MR) is 129 cm³/mol. The lowest BCUT2D eigenvalue weighted by Gasteiger charge is -2.32. The molecule has 1 saturated heterocycles. The highest BCUT2D eigenvalue weighted by Gasteiger charge is 2.39. The first kappa shape index (κ1) is 22.9. The van der Waals surface area contributed by atoms with Crippen LogP contribution in [0.4, 0.5) is 0 Å². The van der Waals surface area contributed by atoms with E-state index in [2.05, 4.69) is 57.2 Å². The molecular weight excluding hydrogens is 396 g/mol. The van der Waals surface area contributed by atoms with Crippen LogP contribution in [0.5, 0.6) is 0 Å². The summed E-state index contributed by atoms with van der Waals surface area (Å²) in [5.41, 5.74) is 6.90. The quantitative estimate of drug-likeness (QED) is 0.508. The van der Waals surface area contributed by atoms with E-state index in [4.69, 9.17) is 4.74 Å². The maximum atomic E-state index is 13.3. The van der Waals surface area contributed by atoms with E-state index in [0.29, 0.717) is 18.8 Å². The SMILES string of the molecule is CCc1cc(-c2ccc(C)cc2)cc(CC)c1C1C(=O)CC(CC2CCOCC2)CC1=O. The minimum absolute atomic E-state index is 0.130. The summed E-state index contributed by atoms with van der Waals surface area (Å²) in [4.78, 5) is 26.7. The largest absolute Gasteiger partial charge is 0.381 e. The molecule has 2 aromatic carbocycles. The van der Waals surface area contributed by atoms with E-state index >= 15 is 0 Å². The van der Waals surface area contributed by atoms with E-state index in [1.165, 1.54) is 16.7 Å². The van der Waals surface area contributed by atoms with Crippen LogP contribution >= 0.6 is 0 Å². The second-order valence-corrected chi connectivity index (χ2v) is 9.71. The average molecular weight is 433 g/mol. The summed E-state index contributed by atoms with van der Waals surface area (Å²) in [6, 6.07) is 13.0. The number of hydrogen-bond acceptors (Lipinski definition) is 3. The van der Waals surface area contributed by atoms with Crippen LogP contribution < -0.4 is 0 Å². The second kappa shape index (κ2) is 10.1. The fourth-order valence-corrected chi connectivity index (χ4v) is 5.65. The summed E-state index contributed by atoms with van der Waals surface area (Å²) in [6.07, 6.45) is 5.83. The molecule has 0 amide bonds. The molecule has 0 bridgehead atoms. The fraction of sp³-hybridized carbons (Fsp3) is 0.517. The number of carbonyl (C=O) groups excluding carboxylic acids is 2. The van der Waals surface area contributed by atoms with Gasteiger partial charge in [0.25, 0.3) is 0 Å². The molecule has 1 saturated carbocycles. The van der Waals surface area contributed by atoms with Crippen LogP contribution in [-0.2, 0) is 27.2 Å². The first-order valence-corrected chi connectivity index (χ1v) is 12.4. The van der Waals surface area contributed by atoms with Gasteiger partial charge in [0, 0.05) is 26.1 Å². The minimum Gasteiger partial charge on any atom is -0.381 e. The number of Topliss-reactive ketones (excluding diaryl/α,β-unsaturated/α-hetero) is 2. The third-order valence-corrected chi connectivity index (χ3v) is 7.42. The summed E-state index contributed by atoms with van der Waals surface area (Å²) in [5.74, 6) is 0.489. The molecule has 0 atom stereocenters. The van der Waals surface area contributed by atoms with Crippen molar-refractivity contribution in [3.05, 3.63) is 58.7 Å². The summed E-state index contributed by atoms with van der Waals surface area (Å²) in [6.45, 7) is 7.98.